The van der Waals surface area contributed by atoms with Gasteiger partial charge < -0.3 is 14.8 Å². The molecule has 0 radical (unpaired) electrons. The largest absolute Gasteiger partial charge is 0.497 e. The van der Waals surface area contributed by atoms with Gasteiger partial charge in [-0.3, -0.25) is 4.79 Å². The Morgan fingerprint density at radius 2 is 1.88 bits per heavy atom. The van der Waals surface area contributed by atoms with E-state index in [9.17, 15) is 4.79 Å². The highest BCUT2D eigenvalue weighted by atomic mass is 32.1. The van der Waals surface area contributed by atoms with Gasteiger partial charge in [0.05, 0.1) is 30.3 Å². The summed E-state index contributed by atoms with van der Waals surface area (Å²) < 4.78 is 10.5. The third-order valence-electron chi connectivity index (χ3n) is 3.48. The molecule has 1 amide bonds. The van der Waals surface area contributed by atoms with Crippen LogP contribution in [-0.2, 0) is 0 Å². The molecule has 0 aliphatic heterocycles. The number of hydrogen-bond donors (Lipinski definition) is 1. The van der Waals surface area contributed by atoms with Crippen LogP contribution in [0.4, 0.5) is 5.69 Å². The van der Waals surface area contributed by atoms with Gasteiger partial charge in [0, 0.05) is 6.07 Å². The SMILES string of the molecule is COc1ccc(NC(=O)c2ncsc2-c2ccccc2)c(OC)c1. The first kappa shape index (κ1) is 16.0. The van der Waals surface area contributed by atoms with Crippen LogP contribution in [0.3, 0.4) is 0 Å². The Balaban J connectivity index is 1.88. The second kappa shape index (κ2) is 7.14. The lowest BCUT2D eigenvalue weighted by Crippen LogP contribution is -2.14. The van der Waals surface area contributed by atoms with Crippen LogP contribution in [0.5, 0.6) is 11.5 Å². The van der Waals surface area contributed by atoms with E-state index in [0.29, 0.717) is 22.9 Å². The first-order valence-electron chi connectivity index (χ1n) is 7.25. The van der Waals surface area contributed by atoms with Crippen LogP contribution in [0.25, 0.3) is 10.4 Å². The van der Waals surface area contributed by atoms with Crippen molar-refractivity contribution in [3.63, 3.8) is 0 Å². The fourth-order valence-electron chi connectivity index (χ4n) is 2.29. The fraction of sp³-hybridized carbons (Fsp3) is 0.111. The normalized spacial score (nSPS) is 10.2. The second-order valence-electron chi connectivity index (χ2n) is 4.92. The van der Waals surface area contributed by atoms with Crippen molar-refractivity contribution in [1.29, 1.82) is 0 Å². The van der Waals surface area contributed by atoms with Gasteiger partial charge in [0.1, 0.15) is 17.2 Å². The van der Waals surface area contributed by atoms with E-state index in [0.717, 1.165) is 10.4 Å². The first-order valence-corrected chi connectivity index (χ1v) is 8.13. The topological polar surface area (TPSA) is 60.5 Å². The van der Waals surface area contributed by atoms with Crippen LogP contribution in [-0.4, -0.2) is 25.1 Å². The molecule has 0 saturated heterocycles. The van der Waals surface area contributed by atoms with Gasteiger partial charge in [0.15, 0.2) is 0 Å². The van der Waals surface area contributed by atoms with E-state index in [-0.39, 0.29) is 5.91 Å². The van der Waals surface area contributed by atoms with Crippen molar-refractivity contribution in [3.8, 4) is 21.9 Å². The van der Waals surface area contributed by atoms with E-state index in [1.165, 1.54) is 11.3 Å². The highest BCUT2D eigenvalue weighted by molar-refractivity contribution is 7.13. The van der Waals surface area contributed by atoms with Crippen LogP contribution >= 0.6 is 11.3 Å². The Bertz CT molecular complexity index is 846. The Kier molecular flexibility index (Phi) is 4.77. The molecule has 1 N–H and O–H groups in total. The Morgan fingerprint density at radius 1 is 1.08 bits per heavy atom. The van der Waals surface area contributed by atoms with Crippen molar-refractivity contribution in [2.24, 2.45) is 0 Å². The lowest BCUT2D eigenvalue weighted by atomic mass is 10.1. The van der Waals surface area contributed by atoms with Gasteiger partial charge in [-0.15, -0.1) is 11.3 Å². The second-order valence-corrected chi connectivity index (χ2v) is 5.77. The standard InChI is InChI=1S/C18H16N2O3S/c1-22-13-8-9-14(15(10-13)23-2)20-18(21)16-17(24-11-19-16)12-6-4-3-5-7-12/h3-11H,1-2H3,(H,20,21). The summed E-state index contributed by atoms with van der Waals surface area (Å²) in [6.07, 6.45) is 0. The molecule has 3 aromatic rings. The zero-order valence-electron chi connectivity index (χ0n) is 13.3. The van der Waals surface area contributed by atoms with Gasteiger partial charge in [-0.2, -0.15) is 0 Å². The van der Waals surface area contributed by atoms with Crippen molar-refractivity contribution in [1.82, 2.24) is 4.98 Å². The monoisotopic (exact) mass is 340 g/mol. The summed E-state index contributed by atoms with van der Waals surface area (Å²) in [7, 11) is 3.12. The van der Waals surface area contributed by atoms with Crippen molar-refractivity contribution in [3.05, 3.63) is 59.7 Å². The molecule has 1 aromatic heterocycles. The highest BCUT2D eigenvalue weighted by Crippen LogP contribution is 2.31. The number of thiazole rings is 1. The van der Waals surface area contributed by atoms with Crippen molar-refractivity contribution in [2.45, 2.75) is 0 Å². The van der Waals surface area contributed by atoms with E-state index in [2.05, 4.69) is 10.3 Å². The van der Waals surface area contributed by atoms with Crippen molar-refractivity contribution in [2.75, 3.05) is 19.5 Å². The lowest BCUT2D eigenvalue weighted by molar-refractivity contribution is 0.102. The molecule has 0 atom stereocenters. The van der Waals surface area contributed by atoms with Gasteiger partial charge in [-0.05, 0) is 17.7 Å². The summed E-state index contributed by atoms with van der Waals surface area (Å²) in [5.41, 5.74) is 3.59. The zero-order valence-corrected chi connectivity index (χ0v) is 14.1. The van der Waals surface area contributed by atoms with Gasteiger partial charge in [0.25, 0.3) is 5.91 Å². The number of carbonyl (C=O) groups is 1. The molecule has 0 saturated carbocycles. The Labute approximate surface area is 143 Å². The number of methoxy groups -OCH3 is 2. The average Bonchev–Trinajstić information content (AvgIpc) is 3.12. The number of amides is 1. The van der Waals surface area contributed by atoms with Crippen LogP contribution in [0, 0.1) is 0 Å². The quantitative estimate of drug-likeness (QED) is 0.760. The molecule has 6 heteroatoms. The van der Waals surface area contributed by atoms with E-state index in [4.69, 9.17) is 9.47 Å². The van der Waals surface area contributed by atoms with E-state index in [1.807, 2.05) is 30.3 Å². The van der Waals surface area contributed by atoms with Gasteiger partial charge in [-0.1, -0.05) is 30.3 Å². The van der Waals surface area contributed by atoms with Gasteiger partial charge >= 0.3 is 0 Å². The number of rotatable bonds is 5. The molecular weight excluding hydrogens is 324 g/mol. The molecule has 5 nitrogen and oxygen atoms in total. The number of carbonyl (C=O) groups excluding carboxylic acids is 1. The number of benzene rings is 2. The van der Waals surface area contributed by atoms with Crippen molar-refractivity contribution >= 4 is 22.9 Å². The third kappa shape index (κ3) is 3.23. The average molecular weight is 340 g/mol. The number of aromatic nitrogens is 1. The maximum Gasteiger partial charge on any atom is 0.275 e. The van der Waals surface area contributed by atoms with Gasteiger partial charge in [-0.25, -0.2) is 4.98 Å². The lowest BCUT2D eigenvalue weighted by Gasteiger charge is -2.11. The molecule has 2 aromatic carbocycles. The molecule has 122 valence electrons. The van der Waals surface area contributed by atoms with Crippen molar-refractivity contribution < 1.29 is 14.3 Å². The number of ether oxygens (including phenoxy) is 2. The summed E-state index contributed by atoms with van der Waals surface area (Å²) in [4.78, 5) is 17.7. The molecule has 0 aliphatic rings. The van der Waals surface area contributed by atoms with E-state index >= 15 is 0 Å². The number of nitrogens with zero attached hydrogens (tertiary/aromatic N) is 1. The molecule has 0 bridgehead atoms. The minimum atomic E-state index is -0.279. The van der Waals surface area contributed by atoms with Crippen LogP contribution in [0.1, 0.15) is 10.5 Å². The fourth-order valence-corrected chi connectivity index (χ4v) is 3.08. The Morgan fingerprint density at radius 3 is 2.58 bits per heavy atom. The molecule has 0 aliphatic carbocycles. The number of nitrogens with one attached hydrogen (secondary N) is 1. The minimum absolute atomic E-state index is 0.279. The minimum Gasteiger partial charge on any atom is -0.497 e. The molecule has 0 unspecified atom stereocenters. The number of hydrogen-bond acceptors (Lipinski definition) is 5. The summed E-state index contributed by atoms with van der Waals surface area (Å²) in [6, 6.07) is 14.9. The first-order chi connectivity index (χ1) is 11.7. The highest BCUT2D eigenvalue weighted by Gasteiger charge is 2.18. The zero-order chi connectivity index (χ0) is 16.9. The molecular formula is C18H16N2O3S. The third-order valence-corrected chi connectivity index (χ3v) is 4.35. The predicted octanol–water partition coefficient (Wildman–Crippen LogP) is 4.08. The maximum absolute atomic E-state index is 12.6. The van der Waals surface area contributed by atoms with Crippen LogP contribution < -0.4 is 14.8 Å². The molecule has 24 heavy (non-hydrogen) atoms. The molecule has 1 heterocycles. The smallest absolute Gasteiger partial charge is 0.275 e. The van der Waals surface area contributed by atoms with Crippen LogP contribution in [0.15, 0.2) is 54.0 Å². The Hall–Kier alpha value is -2.86. The molecule has 0 spiro atoms. The summed E-state index contributed by atoms with van der Waals surface area (Å²) in [5, 5.41) is 2.85. The molecule has 3 rings (SSSR count). The van der Waals surface area contributed by atoms with E-state index < -0.39 is 0 Å². The van der Waals surface area contributed by atoms with Gasteiger partial charge in [0.2, 0.25) is 0 Å². The summed E-state index contributed by atoms with van der Waals surface area (Å²) in [5.74, 6) is 0.904. The molecule has 0 fully saturated rings. The van der Waals surface area contributed by atoms with Crippen LogP contribution in [0.2, 0.25) is 0 Å². The maximum atomic E-state index is 12.6. The van der Waals surface area contributed by atoms with E-state index in [1.54, 1.807) is 37.9 Å². The number of anilines is 1. The predicted molar refractivity (Wildman–Crippen MR) is 95.0 cm³/mol. The summed E-state index contributed by atoms with van der Waals surface area (Å²) >= 11 is 1.43. The summed E-state index contributed by atoms with van der Waals surface area (Å²) in [6.45, 7) is 0.